The molecule has 0 bridgehead atoms. The van der Waals surface area contributed by atoms with E-state index in [9.17, 15) is 4.79 Å². The zero-order chi connectivity index (χ0) is 16.7. The van der Waals surface area contributed by atoms with E-state index in [1.807, 2.05) is 0 Å². The Balaban J connectivity index is 2.03. The first-order valence-electron chi connectivity index (χ1n) is 9.10. The molecule has 2 fully saturated rings. The van der Waals surface area contributed by atoms with E-state index in [0.29, 0.717) is 23.8 Å². The fraction of sp³-hybridized carbons (Fsp3) is 0.850. The molecule has 1 unspecified atom stereocenters. The van der Waals surface area contributed by atoms with E-state index < -0.39 is 0 Å². The molecule has 0 aromatic rings. The van der Waals surface area contributed by atoms with Gasteiger partial charge in [-0.1, -0.05) is 52.7 Å². The maximum absolute atomic E-state index is 12.8. The third-order valence-electron chi connectivity index (χ3n) is 6.06. The number of carbonyl (C=O) groups is 1. The molecule has 0 spiro atoms. The molecule has 2 aliphatic carbocycles. The highest BCUT2D eigenvalue weighted by Crippen LogP contribution is 2.59. The number of allylic oxidation sites excluding steroid dienone is 2. The summed E-state index contributed by atoms with van der Waals surface area (Å²) >= 11 is 0. The molecule has 126 valence electrons. The second-order valence-electron chi connectivity index (χ2n) is 9.01. The number of hydrogen-bond acceptors (Lipinski definition) is 1. The quantitative estimate of drug-likeness (QED) is 0.743. The fourth-order valence-corrected chi connectivity index (χ4v) is 4.49. The Morgan fingerprint density at radius 2 is 1.86 bits per heavy atom. The highest BCUT2D eigenvalue weighted by Gasteiger charge is 2.60. The average molecular weight is 306 g/mol. The smallest absolute Gasteiger partial charge is 0.224 e. The molecular weight excluding hydrogens is 270 g/mol. The molecule has 0 aromatic heterocycles. The van der Waals surface area contributed by atoms with Crippen LogP contribution in [0.5, 0.6) is 0 Å². The minimum absolute atomic E-state index is 0.120. The second kappa shape index (κ2) is 6.37. The minimum atomic E-state index is 0.120. The zero-order valence-electron chi connectivity index (χ0n) is 15.6. The molecule has 0 aromatic carbocycles. The average Bonchev–Trinajstić information content (AvgIpc) is 2.89. The molecule has 22 heavy (non-hydrogen) atoms. The van der Waals surface area contributed by atoms with Gasteiger partial charge in [0.15, 0.2) is 0 Å². The molecule has 2 saturated carbocycles. The normalized spacial score (nSPS) is 36.8. The summed E-state index contributed by atoms with van der Waals surface area (Å²) in [6, 6.07) is 0.375. The standard InChI is InChI=1S/C20H35NO/c1-12(2)10-16-18(20(16,6)7)19(22)21-17-11-14(5)8-9-15(17)13(3)4/h10,13-18H,8-9,11H2,1-7H3,(H,21,22)/t14?,15-,16+,17-,18+/m0/s1. The molecule has 0 radical (unpaired) electrons. The maximum atomic E-state index is 12.8. The van der Waals surface area contributed by atoms with E-state index in [4.69, 9.17) is 0 Å². The van der Waals surface area contributed by atoms with Crippen molar-refractivity contribution in [3.8, 4) is 0 Å². The highest BCUT2D eigenvalue weighted by molar-refractivity contribution is 5.84. The van der Waals surface area contributed by atoms with Gasteiger partial charge in [0, 0.05) is 6.04 Å². The van der Waals surface area contributed by atoms with Crippen LogP contribution in [0.1, 0.15) is 67.7 Å². The highest BCUT2D eigenvalue weighted by atomic mass is 16.2. The van der Waals surface area contributed by atoms with Crippen LogP contribution in [0, 0.1) is 35.0 Å². The predicted molar refractivity (Wildman–Crippen MR) is 93.5 cm³/mol. The van der Waals surface area contributed by atoms with Gasteiger partial charge in [0.05, 0.1) is 5.92 Å². The largest absolute Gasteiger partial charge is 0.353 e. The van der Waals surface area contributed by atoms with E-state index in [2.05, 4.69) is 59.9 Å². The van der Waals surface area contributed by atoms with Crippen molar-refractivity contribution in [2.75, 3.05) is 0 Å². The van der Waals surface area contributed by atoms with Crippen molar-refractivity contribution in [2.24, 2.45) is 35.0 Å². The zero-order valence-corrected chi connectivity index (χ0v) is 15.6. The van der Waals surface area contributed by atoms with Crippen LogP contribution in [0.2, 0.25) is 0 Å². The lowest BCUT2D eigenvalue weighted by molar-refractivity contribution is -0.124. The lowest BCUT2D eigenvalue weighted by atomic mass is 9.74. The Labute approximate surface area is 137 Å². The van der Waals surface area contributed by atoms with Gasteiger partial charge in [0.25, 0.3) is 0 Å². The Bertz CT molecular complexity index is 445. The summed E-state index contributed by atoms with van der Waals surface area (Å²) in [7, 11) is 0. The molecule has 2 rings (SSSR count). The van der Waals surface area contributed by atoms with Gasteiger partial charge < -0.3 is 5.32 Å². The SMILES string of the molecule is CC(C)=C[C@@H]1[C@H](C(=O)N[C@H]2CC(C)CC[C@H]2C(C)C)C1(C)C. The van der Waals surface area contributed by atoms with Crippen molar-refractivity contribution in [3.05, 3.63) is 11.6 Å². The van der Waals surface area contributed by atoms with Crippen molar-refractivity contribution < 1.29 is 4.79 Å². The van der Waals surface area contributed by atoms with Gasteiger partial charge in [-0.3, -0.25) is 4.79 Å². The van der Waals surface area contributed by atoms with Crippen LogP contribution < -0.4 is 5.32 Å². The van der Waals surface area contributed by atoms with Gasteiger partial charge >= 0.3 is 0 Å². The first kappa shape index (κ1) is 17.6. The van der Waals surface area contributed by atoms with Crippen molar-refractivity contribution in [1.29, 1.82) is 0 Å². The van der Waals surface area contributed by atoms with E-state index in [1.54, 1.807) is 0 Å². The number of nitrogens with one attached hydrogen (secondary N) is 1. The van der Waals surface area contributed by atoms with Crippen molar-refractivity contribution in [2.45, 2.75) is 73.8 Å². The van der Waals surface area contributed by atoms with Gasteiger partial charge in [-0.05, 0) is 55.8 Å². The lowest BCUT2D eigenvalue weighted by Gasteiger charge is -2.38. The van der Waals surface area contributed by atoms with E-state index in [0.717, 1.165) is 12.3 Å². The molecule has 0 aliphatic heterocycles. The number of hydrogen-bond donors (Lipinski definition) is 1. The number of amides is 1. The first-order valence-corrected chi connectivity index (χ1v) is 9.10. The molecule has 1 amide bonds. The summed E-state index contributed by atoms with van der Waals surface area (Å²) in [5.41, 5.74) is 1.44. The summed E-state index contributed by atoms with van der Waals surface area (Å²) in [5.74, 6) is 2.89. The molecule has 2 nitrogen and oxygen atoms in total. The Kier molecular flexibility index (Phi) is 5.09. The van der Waals surface area contributed by atoms with Gasteiger partial charge in [-0.2, -0.15) is 0 Å². The molecule has 2 heteroatoms. The summed E-state index contributed by atoms with van der Waals surface area (Å²) in [5, 5.41) is 3.43. The minimum Gasteiger partial charge on any atom is -0.353 e. The lowest BCUT2D eigenvalue weighted by Crippen LogP contribution is -2.46. The summed E-state index contributed by atoms with van der Waals surface area (Å²) < 4.78 is 0. The van der Waals surface area contributed by atoms with Gasteiger partial charge in [0.2, 0.25) is 5.91 Å². The monoisotopic (exact) mass is 305 g/mol. The number of rotatable bonds is 4. The van der Waals surface area contributed by atoms with E-state index >= 15 is 0 Å². The summed E-state index contributed by atoms with van der Waals surface area (Å²) in [6.45, 7) is 15.6. The molecule has 0 saturated heterocycles. The Morgan fingerprint density at radius 3 is 2.41 bits per heavy atom. The Morgan fingerprint density at radius 1 is 1.23 bits per heavy atom. The number of carbonyl (C=O) groups excluding carboxylic acids is 1. The van der Waals surface area contributed by atoms with Crippen molar-refractivity contribution in [3.63, 3.8) is 0 Å². The van der Waals surface area contributed by atoms with Crippen LogP contribution in [0.25, 0.3) is 0 Å². The van der Waals surface area contributed by atoms with Crippen LogP contribution in [0.3, 0.4) is 0 Å². The second-order valence-corrected chi connectivity index (χ2v) is 9.01. The van der Waals surface area contributed by atoms with Crippen LogP contribution >= 0.6 is 0 Å². The van der Waals surface area contributed by atoms with Crippen molar-refractivity contribution >= 4 is 5.91 Å². The molecule has 0 heterocycles. The van der Waals surface area contributed by atoms with Gasteiger partial charge in [-0.15, -0.1) is 0 Å². The van der Waals surface area contributed by atoms with Crippen LogP contribution in [0.4, 0.5) is 0 Å². The molecule has 2 aliphatic rings. The third-order valence-corrected chi connectivity index (χ3v) is 6.06. The first-order chi connectivity index (χ1) is 10.1. The van der Waals surface area contributed by atoms with Crippen LogP contribution in [0.15, 0.2) is 11.6 Å². The van der Waals surface area contributed by atoms with Crippen LogP contribution in [-0.4, -0.2) is 11.9 Å². The van der Waals surface area contributed by atoms with Crippen molar-refractivity contribution in [1.82, 2.24) is 5.32 Å². The summed E-state index contributed by atoms with van der Waals surface area (Å²) in [4.78, 5) is 12.8. The Hall–Kier alpha value is -0.790. The molecule has 1 N–H and O–H groups in total. The third kappa shape index (κ3) is 3.58. The maximum Gasteiger partial charge on any atom is 0.224 e. The predicted octanol–water partition coefficient (Wildman–Crippen LogP) is 4.80. The van der Waals surface area contributed by atoms with Gasteiger partial charge in [-0.25, -0.2) is 0 Å². The topological polar surface area (TPSA) is 29.1 Å². The molecular formula is C20H35NO. The van der Waals surface area contributed by atoms with Crippen LogP contribution in [-0.2, 0) is 4.79 Å². The summed E-state index contributed by atoms with van der Waals surface area (Å²) in [6.07, 6.45) is 6.00. The van der Waals surface area contributed by atoms with E-state index in [1.165, 1.54) is 18.4 Å². The fourth-order valence-electron chi connectivity index (χ4n) is 4.49. The van der Waals surface area contributed by atoms with E-state index in [-0.39, 0.29) is 17.2 Å². The molecule has 5 atom stereocenters. The van der Waals surface area contributed by atoms with Gasteiger partial charge in [0.1, 0.15) is 0 Å².